The molecular formula is C17H17N3O2. The van der Waals surface area contributed by atoms with Gasteiger partial charge >= 0.3 is 0 Å². The molecule has 0 aliphatic heterocycles. The molecule has 0 bridgehead atoms. The van der Waals surface area contributed by atoms with Crippen molar-refractivity contribution >= 4 is 16.6 Å². The minimum absolute atomic E-state index is 0.538. The first-order chi connectivity index (χ1) is 10.8. The van der Waals surface area contributed by atoms with E-state index in [4.69, 9.17) is 9.47 Å². The average Bonchev–Trinajstić information content (AvgIpc) is 2.56. The molecule has 0 radical (unpaired) electrons. The van der Waals surface area contributed by atoms with Crippen LogP contribution in [-0.2, 0) is 0 Å². The number of fused-ring (bicyclic) bond motifs is 1. The van der Waals surface area contributed by atoms with Crippen LogP contribution in [0.25, 0.3) is 10.9 Å². The van der Waals surface area contributed by atoms with E-state index in [2.05, 4.69) is 28.3 Å². The summed E-state index contributed by atoms with van der Waals surface area (Å²) in [7, 11) is 1.58. The van der Waals surface area contributed by atoms with Crippen LogP contribution in [0.1, 0.15) is 6.92 Å². The number of methoxy groups -OCH3 is 1. The van der Waals surface area contributed by atoms with E-state index in [-0.39, 0.29) is 0 Å². The third-order valence-corrected chi connectivity index (χ3v) is 3.19. The number of hydrogen-bond acceptors (Lipinski definition) is 5. The number of nitrogens with one attached hydrogen (secondary N) is 1. The Morgan fingerprint density at radius 3 is 2.64 bits per heavy atom. The maximum absolute atomic E-state index is 5.72. The van der Waals surface area contributed by atoms with E-state index < -0.39 is 0 Å². The maximum Gasteiger partial charge on any atom is 0.219 e. The summed E-state index contributed by atoms with van der Waals surface area (Å²) < 4.78 is 10.7. The van der Waals surface area contributed by atoms with E-state index in [0.717, 1.165) is 23.1 Å². The molecule has 3 rings (SSSR count). The van der Waals surface area contributed by atoms with Gasteiger partial charge in [-0.2, -0.15) is 0 Å². The summed E-state index contributed by atoms with van der Waals surface area (Å²) in [5.41, 5.74) is 1.98. The number of aromatic nitrogens is 2. The monoisotopic (exact) mass is 295 g/mol. The van der Waals surface area contributed by atoms with E-state index in [1.807, 2.05) is 24.3 Å². The lowest BCUT2D eigenvalue weighted by molar-refractivity contribution is 0.394. The van der Waals surface area contributed by atoms with Gasteiger partial charge in [0.1, 0.15) is 5.75 Å². The van der Waals surface area contributed by atoms with Gasteiger partial charge in [-0.25, -0.2) is 9.97 Å². The van der Waals surface area contributed by atoms with Crippen LogP contribution in [0.5, 0.6) is 17.5 Å². The standard InChI is InChI=1S/C17H17N3O2/c1-3-18-13-5-7-15-12(10-13)4-8-17(20-15)22-14-6-9-16(21-2)19-11-14/h4-11,18H,3H2,1-2H3. The molecule has 2 aromatic heterocycles. The molecule has 22 heavy (non-hydrogen) atoms. The van der Waals surface area contributed by atoms with Crippen molar-refractivity contribution in [3.63, 3.8) is 0 Å². The van der Waals surface area contributed by atoms with E-state index in [9.17, 15) is 0 Å². The molecule has 0 saturated heterocycles. The highest BCUT2D eigenvalue weighted by atomic mass is 16.5. The van der Waals surface area contributed by atoms with Crippen molar-refractivity contribution < 1.29 is 9.47 Å². The van der Waals surface area contributed by atoms with Crippen molar-refractivity contribution in [1.82, 2.24) is 9.97 Å². The fourth-order valence-corrected chi connectivity index (χ4v) is 2.15. The Morgan fingerprint density at radius 1 is 1.05 bits per heavy atom. The molecule has 5 heteroatoms. The second-order valence-electron chi connectivity index (χ2n) is 4.73. The van der Waals surface area contributed by atoms with Crippen LogP contribution >= 0.6 is 0 Å². The molecule has 0 aliphatic rings. The summed E-state index contributed by atoms with van der Waals surface area (Å²) in [5, 5.41) is 4.35. The predicted molar refractivity (Wildman–Crippen MR) is 86.8 cm³/mol. The Kier molecular flexibility index (Phi) is 4.05. The van der Waals surface area contributed by atoms with Crippen molar-refractivity contribution in [2.24, 2.45) is 0 Å². The smallest absolute Gasteiger partial charge is 0.219 e. The van der Waals surface area contributed by atoms with Crippen molar-refractivity contribution in [3.05, 3.63) is 48.7 Å². The lowest BCUT2D eigenvalue weighted by Gasteiger charge is -2.08. The molecule has 0 saturated carbocycles. The summed E-state index contributed by atoms with van der Waals surface area (Å²) in [4.78, 5) is 8.61. The van der Waals surface area contributed by atoms with Crippen LogP contribution in [0.15, 0.2) is 48.7 Å². The van der Waals surface area contributed by atoms with Gasteiger partial charge in [0, 0.05) is 29.8 Å². The molecule has 112 valence electrons. The van der Waals surface area contributed by atoms with Gasteiger partial charge in [0.15, 0.2) is 0 Å². The Labute approximate surface area is 128 Å². The Morgan fingerprint density at radius 2 is 1.91 bits per heavy atom. The van der Waals surface area contributed by atoms with Gasteiger partial charge in [0.25, 0.3) is 0 Å². The number of nitrogens with zero attached hydrogens (tertiary/aromatic N) is 2. The van der Waals surface area contributed by atoms with Crippen LogP contribution in [-0.4, -0.2) is 23.6 Å². The zero-order chi connectivity index (χ0) is 15.4. The van der Waals surface area contributed by atoms with Gasteiger partial charge in [-0.1, -0.05) is 0 Å². The first-order valence-electron chi connectivity index (χ1n) is 7.11. The van der Waals surface area contributed by atoms with Crippen molar-refractivity contribution in [2.45, 2.75) is 6.92 Å². The second-order valence-corrected chi connectivity index (χ2v) is 4.73. The summed E-state index contributed by atoms with van der Waals surface area (Å²) in [6.45, 7) is 2.97. The quantitative estimate of drug-likeness (QED) is 0.774. The lowest BCUT2D eigenvalue weighted by Crippen LogP contribution is -1.96. The third-order valence-electron chi connectivity index (χ3n) is 3.19. The summed E-state index contributed by atoms with van der Waals surface area (Å²) in [6.07, 6.45) is 1.61. The van der Waals surface area contributed by atoms with E-state index in [1.54, 1.807) is 25.4 Å². The lowest BCUT2D eigenvalue weighted by atomic mass is 10.2. The molecule has 2 heterocycles. The van der Waals surface area contributed by atoms with Crippen LogP contribution in [0, 0.1) is 0 Å². The Bertz CT molecular complexity index is 772. The molecule has 5 nitrogen and oxygen atoms in total. The van der Waals surface area contributed by atoms with Crippen molar-refractivity contribution in [1.29, 1.82) is 0 Å². The molecule has 0 aliphatic carbocycles. The zero-order valence-corrected chi connectivity index (χ0v) is 12.5. The second kappa shape index (κ2) is 6.30. The van der Waals surface area contributed by atoms with Crippen LogP contribution in [0.4, 0.5) is 5.69 Å². The fourth-order valence-electron chi connectivity index (χ4n) is 2.15. The highest BCUT2D eigenvalue weighted by Gasteiger charge is 2.03. The van der Waals surface area contributed by atoms with Gasteiger partial charge < -0.3 is 14.8 Å². The number of ether oxygens (including phenoxy) is 2. The number of hydrogen-bond donors (Lipinski definition) is 1. The maximum atomic E-state index is 5.72. The molecule has 3 aromatic rings. The van der Waals surface area contributed by atoms with Crippen molar-refractivity contribution in [2.75, 3.05) is 19.0 Å². The van der Waals surface area contributed by atoms with Crippen LogP contribution in [0.3, 0.4) is 0 Å². The van der Waals surface area contributed by atoms with Gasteiger partial charge in [-0.15, -0.1) is 0 Å². The molecule has 1 N–H and O–H groups in total. The zero-order valence-electron chi connectivity index (χ0n) is 12.5. The molecule has 1 aromatic carbocycles. The molecule has 0 unspecified atom stereocenters. The minimum Gasteiger partial charge on any atom is -0.481 e. The summed E-state index contributed by atoms with van der Waals surface area (Å²) >= 11 is 0. The number of pyridine rings is 2. The first kappa shape index (κ1) is 14.1. The molecule has 0 spiro atoms. The minimum atomic E-state index is 0.538. The Balaban J connectivity index is 1.83. The topological polar surface area (TPSA) is 56.3 Å². The number of anilines is 1. The van der Waals surface area contributed by atoms with E-state index in [0.29, 0.717) is 17.5 Å². The predicted octanol–water partition coefficient (Wildman–Crippen LogP) is 3.86. The summed E-state index contributed by atoms with van der Waals surface area (Å²) in [6, 6.07) is 13.5. The van der Waals surface area contributed by atoms with E-state index >= 15 is 0 Å². The molecule has 0 amide bonds. The van der Waals surface area contributed by atoms with Gasteiger partial charge in [-0.05, 0) is 37.3 Å². The first-order valence-corrected chi connectivity index (χ1v) is 7.11. The molecule has 0 atom stereocenters. The fraction of sp³-hybridized carbons (Fsp3) is 0.176. The number of benzene rings is 1. The molecular weight excluding hydrogens is 278 g/mol. The molecule has 0 fully saturated rings. The SMILES string of the molecule is CCNc1ccc2nc(Oc3ccc(OC)nc3)ccc2c1. The van der Waals surface area contributed by atoms with Gasteiger partial charge in [-0.3, -0.25) is 0 Å². The highest BCUT2D eigenvalue weighted by molar-refractivity contribution is 5.82. The van der Waals surface area contributed by atoms with Gasteiger partial charge in [0.05, 0.1) is 18.8 Å². The van der Waals surface area contributed by atoms with Crippen LogP contribution in [0.2, 0.25) is 0 Å². The van der Waals surface area contributed by atoms with Crippen molar-refractivity contribution in [3.8, 4) is 17.5 Å². The highest BCUT2D eigenvalue weighted by Crippen LogP contribution is 2.24. The summed E-state index contributed by atoms with van der Waals surface area (Å²) in [5.74, 6) is 1.71. The average molecular weight is 295 g/mol. The largest absolute Gasteiger partial charge is 0.481 e. The van der Waals surface area contributed by atoms with Gasteiger partial charge in [0.2, 0.25) is 11.8 Å². The normalized spacial score (nSPS) is 10.5. The number of rotatable bonds is 5. The Hall–Kier alpha value is -2.82. The van der Waals surface area contributed by atoms with E-state index in [1.165, 1.54) is 0 Å². The third kappa shape index (κ3) is 3.09. The van der Waals surface area contributed by atoms with Crippen LogP contribution < -0.4 is 14.8 Å².